The number of halogens is 1. The molecule has 16 heavy (non-hydrogen) atoms. The van der Waals surface area contributed by atoms with Crippen LogP contribution in [0.15, 0.2) is 24.3 Å². The summed E-state index contributed by atoms with van der Waals surface area (Å²) < 4.78 is 19.4. The van der Waals surface area contributed by atoms with Crippen molar-refractivity contribution in [2.24, 2.45) is 0 Å². The summed E-state index contributed by atoms with van der Waals surface area (Å²) in [6.07, 6.45) is 3.68. The first kappa shape index (κ1) is 11.6. The molecule has 88 valence electrons. The van der Waals surface area contributed by atoms with E-state index in [2.05, 4.69) is 0 Å². The van der Waals surface area contributed by atoms with Gasteiger partial charge >= 0.3 is 0 Å². The first-order chi connectivity index (χ1) is 7.57. The Morgan fingerprint density at radius 1 is 1.19 bits per heavy atom. The first-order valence-corrected chi connectivity index (χ1v) is 5.98. The van der Waals surface area contributed by atoms with E-state index in [4.69, 9.17) is 4.74 Å². The fourth-order valence-corrected chi connectivity index (χ4v) is 2.10. The van der Waals surface area contributed by atoms with Crippen LogP contribution in [0.25, 0.3) is 0 Å². The molecule has 0 saturated carbocycles. The van der Waals surface area contributed by atoms with Crippen molar-refractivity contribution in [1.82, 2.24) is 0 Å². The largest absolute Gasteiger partial charge is 0.374 e. The summed E-state index contributed by atoms with van der Waals surface area (Å²) in [6.45, 7) is 4.01. The third-order valence-electron chi connectivity index (χ3n) is 3.15. The maximum atomic E-state index is 13.7. The Balaban J connectivity index is 2.12. The molecule has 0 aliphatic carbocycles. The highest BCUT2D eigenvalue weighted by Crippen LogP contribution is 2.30. The summed E-state index contributed by atoms with van der Waals surface area (Å²) in [4.78, 5) is 0. The van der Waals surface area contributed by atoms with Crippen molar-refractivity contribution in [2.75, 3.05) is 6.61 Å². The number of hydrogen-bond donors (Lipinski definition) is 0. The number of rotatable bonds is 2. The second kappa shape index (κ2) is 4.54. The lowest BCUT2D eigenvalue weighted by Gasteiger charge is -2.23. The average Bonchev–Trinajstić information content (AvgIpc) is 2.29. The van der Waals surface area contributed by atoms with Crippen LogP contribution in [-0.4, -0.2) is 6.61 Å². The van der Waals surface area contributed by atoms with Gasteiger partial charge in [0.15, 0.2) is 0 Å². The number of ether oxygens (including phenoxy) is 1. The minimum absolute atomic E-state index is 0.213. The smallest absolute Gasteiger partial charge is 0.130 e. The molecule has 0 spiro atoms. The van der Waals surface area contributed by atoms with E-state index in [1.165, 1.54) is 12.0 Å². The van der Waals surface area contributed by atoms with Crippen molar-refractivity contribution in [1.29, 1.82) is 0 Å². The van der Waals surface area contributed by atoms with Gasteiger partial charge in [0.1, 0.15) is 5.67 Å². The fourth-order valence-electron chi connectivity index (χ4n) is 2.10. The standard InChI is InChI=1S/C14H19FO/c1-14(2,15)12-8-6-11(7-9-12)13-5-3-4-10-16-13/h6-9,13H,3-5,10H2,1-2H3/t13-/m1/s1. The number of alkyl halides is 1. The molecule has 0 N–H and O–H groups in total. The van der Waals surface area contributed by atoms with Crippen LogP contribution < -0.4 is 0 Å². The lowest BCUT2D eigenvalue weighted by atomic mass is 9.95. The predicted octanol–water partition coefficient (Wildman–Crippen LogP) is 4.13. The third kappa shape index (κ3) is 2.62. The lowest BCUT2D eigenvalue weighted by molar-refractivity contribution is 0.0149. The maximum Gasteiger partial charge on any atom is 0.130 e. The van der Waals surface area contributed by atoms with E-state index in [1.54, 1.807) is 13.8 Å². The molecule has 0 bridgehead atoms. The van der Waals surface area contributed by atoms with Gasteiger partial charge in [-0.3, -0.25) is 0 Å². The monoisotopic (exact) mass is 222 g/mol. The molecule has 1 saturated heterocycles. The molecule has 0 aromatic heterocycles. The second-order valence-corrected chi connectivity index (χ2v) is 4.95. The van der Waals surface area contributed by atoms with Gasteiger partial charge in [0, 0.05) is 6.61 Å². The van der Waals surface area contributed by atoms with E-state index >= 15 is 0 Å². The zero-order chi connectivity index (χ0) is 11.6. The Hall–Kier alpha value is -0.890. The minimum atomic E-state index is -1.26. The lowest BCUT2D eigenvalue weighted by Crippen LogP contribution is -2.13. The van der Waals surface area contributed by atoms with Crippen LogP contribution in [0.2, 0.25) is 0 Å². The van der Waals surface area contributed by atoms with Crippen LogP contribution in [-0.2, 0) is 10.4 Å². The molecule has 1 nitrogen and oxygen atoms in total. The normalized spacial score (nSPS) is 22.1. The van der Waals surface area contributed by atoms with Gasteiger partial charge in [-0.05, 0) is 44.2 Å². The molecule has 1 atom stereocenters. The highest BCUT2D eigenvalue weighted by atomic mass is 19.1. The summed E-state index contributed by atoms with van der Waals surface area (Å²) in [7, 11) is 0. The Labute approximate surface area is 96.6 Å². The van der Waals surface area contributed by atoms with Crippen LogP contribution in [0.1, 0.15) is 50.3 Å². The van der Waals surface area contributed by atoms with Gasteiger partial charge in [0.2, 0.25) is 0 Å². The summed E-state index contributed by atoms with van der Waals surface area (Å²) in [5.74, 6) is 0. The zero-order valence-corrected chi connectivity index (χ0v) is 10.0. The molecule has 0 unspecified atom stereocenters. The quantitative estimate of drug-likeness (QED) is 0.731. The molecular weight excluding hydrogens is 203 g/mol. The van der Waals surface area contributed by atoms with Gasteiger partial charge in [-0.2, -0.15) is 0 Å². The van der Waals surface area contributed by atoms with Crippen molar-refractivity contribution < 1.29 is 9.13 Å². The molecule has 2 rings (SSSR count). The minimum Gasteiger partial charge on any atom is -0.374 e. The predicted molar refractivity (Wildman–Crippen MR) is 63.1 cm³/mol. The topological polar surface area (TPSA) is 9.23 Å². The Bertz CT molecular complexity index is 331. The molecule has 1 aromatic rings. The van der Waals surface area contributed by atoms with E-state index in [0.717, 1.165) is 25.0 Å². The maximum absolute atomic E-state index is 13.7. The molecular formula is C14H19FO. The molecule has 1 aliphatic rings. The summed E-state index contributed by atoms with van der Waals surface area (Å²) in [5.41, 5.74) is 0.645. The summed E-state index contributed by atoms with van der Waals surface area (Å²) in [6, 6.07) is 7.72. The average molecular weight is 222 g/mol. The van der Waals surface area contributed by atoms with E-state index in [0.29, 0.717) is 0 Å². The van der Waals surface area contributed by atoms with Gasteiger partial charge in [0.05, 0.1) is 6.10 Å². The van der Waals surface area contributed by atoms with E-state index in [1.807, 2.05) is 24.3 Å². The van der Waals surface area contributed by atoms with Gasteiger partial charge in [-0.25, -0.2) is 4.39 Å². The molecule has 1 fully saturated rings. The number of benzene rings is 1. The van der Waals surface area contributed by atoms with Crippen molar-refractivity contribution in [3.63, 3.8) is 0 Å². The number of hydrogen-bond acceptors (Lipinski definition) is 1. The fraction of sp³-hybridized carbons (Fsp3) is 0.571. The molecule has 2 heteroatoms. The first-order valence-electron chi connectivity index (χ1n) is 5.98. The Morgan fingerprint density at radius 3 is 2.38 bits per heavy atom. The van der Waals surface area contributed by atoms with Crippen LogP contribution in [0, 0.1) is 0 Å². The van der Waals surface area contributed by atoms with Gasteiger partial charge in [0.25, 0.3) is 0 Å². The summed E-state index contributed by atoms with van der Waals surface area (Å²) >= 11 is 0. The molecule has 1 aromatic carbocycles. The van der Waals surface area contributed by atoms with Gasteiger partial charge in [-0.1, -0.05) is 24.3 Å². The Morgan fingerprint density at radius 2 is 1.88 bits per heavy atom. The van der Waals surface area contributed by atoms with Crippen molar-refractivity contribution >= 4 is 0 Å². The molecule has 0 radical (unpaired) electrons. The van der Waals surface area contributed by atoms with Crippen molar-refractivity contribution in [2.45, 2.75) is 44.9 Å². The van der Waals surface area contributed by atoms with Crippen molar-refractivity contribution in [3.05, 3.63) is 35.4 Å². The third-order valence-corrected chi connectivity index (χ3v) is 3.15. The van der Waals surface area contributed by atoms with E-state index < -0.39 is 5.67 Å². The SMILES string of the molecule is CC(C)(F)c1ccc([C@H]2CCCCO2)cc1. The second-order valence-electron chi connectivity index (χ2n) is 4.95. The summed E-state index contributed by atoms with van der Waals surface area (Å²) in [5, 5.41) is 0. The van der Waals surface area contributed by atoms with Crippen molar-refractivity contribution in [3.8, 4) is 0 Å². The van der Waals surface area contributed by atoms with Crippen LogP contribution in [0.3, 0.4) is 0 Å². The van der Waals surface area contributed by atoms with Crippen LogP contribution >= 0.6 is 0 Å². The van der Waals surface area contributed by atoms with Crippen LogP contribution in [0.5, 0.6) is 0 Å². The molecule has 0 amide bonds. The highest BCUT2D eigenvalue weighted by Gasteiger charge is 2.20. The highest BCUT2D eigenvalue weighted by molar-refractivity contribution is 5.27. The van der Waals surface area contributed by atoms with Gasteiger partial charge < -0.3 is 4.74 Å². The zero-order valence-electron chi connectivity index (χ0n) is 10.0. The van der Waals surface area contributed by atoms with Crippen LogP contribution in [0.4, 0.5) is 4.39 Å². The molecule has 1 aliphatic heterocycles. The van der Waals surface area contributed by atoms with E-state index in [-0.39, 0.29) is 6.10 Å². The van der Waals surface area contributed by atoms with E-state index in [9.17, 15) is 4.39 Å². The Kier molecular flexibility index (Phi) is 3.29. The molecule has 1 heterocycles. The van der Waals surface area contributed by atoms with Gasteiger partial charge in [-0.15, -0.1) is 0 Å².